The van der Waals surface area contributed by atoms with Crippen LogP contribution in [0.3, 0.4) is 0 Å². The molecule has 0 radical (unpaired) electrons. The molecule has 0 fully saturated rings. The lowest BCUT2D eigenvalue weighted by molar-refractivity contribution is 0.0759. The van der Waals surface area contributed by atoms with Crippen LogP contribution in [0.15, 0.2) is 97.3 Å². The Balaban J connectivity index is 1.25. The third-order valence-electron chi connectivity index (χ3n) is 7.75. The molecular weight excluding hydrogens is 466 g/mol. The van der Waals surface area contributed by atoms with Gasteiger partial charge in [-0.2, -0.15) is 0 Å². The normalized spacial score (nSPS) is 16.9. The number of benzene rings is 2. The van der Waals surface area contributed by atoms with Gasteiger partial charge in [0.15, 0.2) is 0 Å². The van der Waals surface area contributed by atoms with Crippen molar-refractivity contribution in [1.29, 1.82) is 0 Å². The van der Waals surface area contributed by atoms with Gasteiger partial charge in [-0.25, -0.2) is 0 Å². The Labute approximate surface area is 227 Å². The van der Waals surface area contributed by atoms with E-state index in [0.29, 0.717) is 0 Å². The highest BCUT2D eigenvalue weighted by Gasteiger charge is 2.37. The van der Waals surface area contributed by atoms with E-state index < -0.39 is 0 Å². The van der Waals surface area contributed by atoms with Gasteiger partial charge in [-0.3, -0.25) is 14.9 Å². The van der Waals surface area contributed by atoms with Crippen molar-refractivity contribution in [2.45, 2.75) is 57.9 Å². The van der Waals surface area contributed by atoms with Gasteiger partial charge in [-0.05, 0) is 72.7 Å². The van der Waals surface area contributed by atoms with Gasteiger partial charge in [-0.15, -0.1) is 0 Å². The maximum absolute atomic E-state index is 4.46. The van der Waals surface area contributed by atoms with Crippen molar-refractivity contribution in [2.75, 3.05) is 13.1 Å². The maximum atomic E-state index is 4.46. The standard InChI is InChI=1S/C33H39N5/c1-33(18-8-10-29-9-2-3-13-32(29)33)38(22-21-34-24-30-11-4-6-19-36-30)26-28-16-14-27(15-17-28)23-35-25-31-12-5-7-20-37-31/h2-7,9,11-17,19-20,34-35H,8,10,18,21-26H2,1H3. The van der Waals surface area contributed by atoms with Crippen molar-refractivity contribution in [2.24, 2.45) is 0 Å². The number of aromatic nitrogens is 2. The van der Waals surface area contributed by atoms with Gasteiger partial charge in [0.05, 0.1) is 11.4 Å². The number of nitrogens with one attached hydrogen (secondary N) is 2. The Morgan fingerprint density at radius 3 is 2.11 bits per heavy atom. The van der Waals surface area contributed by atoms with Gasteiger partial charge < -0.3 is 10.6 Å². The molecule has 5 rings (SSSR count). The van der Waals surface area contributed by atoms with E-state index in [1.54, 1.807) is 0 Å². The first-order valence-corrected chi connectivity index (χ1v) is 13.8. The van der Waals surface area contributed by atoms with Gasteiger partial charge in [-0.1, -0.05) is 60.7 Å². The Hall–Kier alpha value is -3.38. The third-order valence-corrected chi connectivity index (χ3v) is 7.75. The number of aryl methyl sites for hydroxylation is 1. The molecule has 2 heterocycles. The van der Waals surface area contributed by atoms with Crippen LogP contribution in [0.25, 0.3) is 0 Å². The topological polar surface area (TPSA) is 53.1 Å². The van der Waals surface area contributed by atoms with Crippen LogP contribution in [0.2, 0.25) is 0 Å². The van der Waals surface area contributed by atoms with Gasteiger partial charge in [0.25, 0.3) is 0 Å². The molecule has 5 heteroatoms. The molecule has 4 aromatic rings. The molecule has 1 aliphatic rings. The zero-order valence-electron chi connectivity index (χ0n) is 22.4. The summed E-state index contributed by atoms with van der Waals surface area (Å²) in [6.45, 7) is 7.68. The first kappa shape index (κ1) is 26.2. The zero-order chi connectivity index (χ0) is 26.0. The molecule has 2 N–H and O–H groups in total. The molecule has 0 saturated heterocycles. The lowest BCUT2D eigenvalue weighted by Crippen LogP contribution is -2.48. The maximum Gasteiger partial charge on any atom is 0.0541 e. The molecule has 1 aliphatic carbocycles. The van der Waals surface area contributed by atoms with Crippen molar-refractivity contribution in [3.05, 3.63) is 131 Å². The monoisotopic (exact) mass is 505 g/mol. The summed E-state index contributed by atoms with van der Waals surface area (Å²) in [5.41, 5.74) is 7.81. The Morgan fingerprint density at radius 2 is 1.39 bits per heavy atom. The number of nitrogens with zero attached hydrogens (tertiary/aromatic N) is 3. The number of hydrogen-bond acceptors (Lipinski definition) is 5. The molecule has 2 aromatic heterocycles. The van der Waals surface area contributed by atoms with Crippen LogP contribution in [0.5, 0.6) is 0 Å². The first-order valence-electron chi connectivity index (χ1n) is 13.8. The zero-order valence-corrected chi connectivity index (χ0v) is 22.4. The molecular formula is C33H39N5. The van der Waals surface area contributed by atoms with Crippen molar-refractivity contribution >= 4 is 0 Å². The van der Waals surface area contributed by atoms with Crippen molar-refractivity contribution < 1.29 is 0 Å². The Kier molecular flexibility index (Phi) is 8.92. The SMILES string of the molecule is CC1(N(CCNCc2ccccn2)Cc2ccc(CNCc3ccccn3)cc2)CCCc2ccccc21. The van der Waals surface area contributed by atoms with E-state index in [-0.39, 0.29) is 5.54 Å². The summed E-state index contributed by atoms with van der Waals surface area (Å²) in [5.74, 6) is 0. The minimum absolute atomic E-state index is 0.0183. The average molecular weight is 506 g/mol. The largest absolute Gasteiger partial charge is 0.310 e. The van der Waals surface area contributed by atoms with Crippen LogP contribution in [-0.4, -0.2) is 28.0 Å². The van der Waals surface area contributed by atoms with Crippen LogP contribution in [0.1, 0.15) is 53.4 Å². The highest BCUT2D eigenvalue weighted by molar-refractivity contribution is 5.36. The molecule has 0 amide bonds. The summed E-state index contributed by atoms with van der Waals surface area (Å²) in [5, 5.41) is 7.13. The fraction of sp³-hybridized carbons (Fsp3) is 0.333. The summed E-state index contributed by atoms with van der Waals surface area (Å²) < 4.78 is 0. The molecule has 196 valence electrons. The number of fused-ring (bicyclic) bond motifs is 1. The van der Waals surface area contributed by atoms with Crippen LogP contribution < -0.4 is 10.6 Å². The summed E-state index contributed by atoms with van der Waals surface area (Å²) in [7, 11) is 0. The molecule has 0 saturated carbocycles. The van der Waals surface area contributed by atoms with Crippen LogP contribution in [-0.2, 0) is 38.1 Å². The predicted molar refractivity (Wildman–Crippen MR) is 154 cm³/mol. The van der Waals surface area contributed by atoms with E-state index in [1.165, 1.54) is 41.5 Å². The Bertz CT molecular complexity index is 1260. The summed E-state index contributed by atoms with van der Waals surface area (Å²) in [4.78, 5) is 11.5. The van der Waals surface area contributed by atoms with Crippen LogP contribution in [0.4, 0.5) is 0 Å². The summed E-state index contributed by atoms with van der Waals surface area (Å²) in [6.07, 6.45) is 7.29. The van der Waals surface area contributed by atoms with Gasteiger partial charge in [0.2, 0.25) is 0 Å². The molecule has 2 aromatic carbocycles. The van der Waals surface area contributed by atoms with Gasteiger partial charge in [0, 0.05) is 57.2 Å². The predicted octanol–water partition coefficient (Wildman–Crippen LogP) is 5.61. The van der Waals surface area contributed by atoms with Crippen LogP contribution in [0, 0.1) is 0 Å². The fourth-order valence-electron chi connectivity index (χ4n) is 5.60. The molecule has 0 spiro atoms. The average Bonchev–Trinajstić information content (AvgIpc) is 2.97. The third kappa shape index (κ3) is 6.73. The van der Waals surface area contributed by atoms with Gasteiger partial charge in [0.1, 0.15) is 0 Å². The molecule has 1 unspecified atom stereocenters. The van der Waals surface area contributed by atoms with E-state index in [4.69, 9.17) is 0 Å². The molecule has 0 bridgehead atoms. The van der Waals surface area contributed by atoms with Crippen LogP contribution >= 0.6 is 0 Å². The summed E-state index contributed by atoms with van der Waals surface area (Å²) in [6, 6.07) is 30.3. The van der Waals surface area contributed by atoms with Crippen molar-refractivity contribution in [1.82, 2.24) is 25.5 Å². The smallest absolute Gasteiger partial charge is 0.0541 e. The van der Waals surface area contributed by atoms with E-state index in [0.717, 1.165) is 50.7 Å². The lowest BCUT2D eigenvalue weighted by atomic mass is 9.76. The lowest BCUT2D eigenvalue weighted by Gasteiger charge is -2.45. The first-order chi connectivity index (χ1) is 18.7. The summed E-state index contributed by atoms with van der Waals surface area (Å²) >= 11 is 0. The highest BCUT2D eigenvalue weighted by atomic mass is 15.2. The second-order valence-electron chi connectivity index (χ2n) is 10.4. The Morgan fingerprint density at radius 1 is 0.737 bits per heavy atom. The number of pyridine rings is 2. The quantitative estimate of drug-likeness (QED) is 0.245. The van der Waals surface area contributed by atoms with E-state index in [1.807, 2.05) is 36.7 Å². The molecule has 1 atom stereocenters. The fourth-order valence-corrected chi connectivity index (χ4v) is 5.60. The highest BCUT2D eigenvalue weighted by Crippen LogP contribution is 2.40. The van der Waals surface area contributed by atoms with E-state index >= 15 is 0 Å². The minimum Gasteiger partial charge on any atom is -0.310 e. The molecule has 5 nitrogen and oxygen atoms in total. The second-order valence-corrected chi connectivity index (χ2v) is 10.4. The van der Waals surface area contributed by atoms with E-state index in [2.05, 4.69) is 93.1 Å². The van der Waals surface area contributed by atoms with Crippen molar-refractivity contribution in [3.8, 4) is 0 Å². The number of rotatable bonds is 12. The van der Waals surface area contributed by atoms with E-state index in [9.17, 15) is 0 Å². The second kappa shape index (κ2) is 12.9. The molecule has 0 aliphatic heterocycles. The van der Waals surface area contributed by atoms with Gasteiger partial charge >= 0.3 is 0 Å². The number of hydrogen-bond donors (Lipinski definition) is 2. The molecule has 38 heavy (non-hydrogen) atoms. The minimum atomic E-state index is 0.0183. The van der Waals surface area contributed by atoms with Crippen molar-refractivity contribution in [3.63, 3.8) is 0 Å².